The largest absolute Gasteiger partial charge is 0.462 e. The van der Waals surface area contributed by atoms with Crippen molar-refractivity contribution < 1.29 is 13.9 Å². The van der Waals surface area contributed by atoms with Gasteiger partial charge in [0.1, 0.15) is 11.4 Å². The number of benzene rings is 1. The van der Waals surface area contributed by atoms with E-state index in [0.717, 1.165) is 6.07 Å². The molecule has 4 heteroatoms. The van der Waals surface area contributed by atoms with Crippen molar-refractivity contribution in [1.82, 2.24) is 0 Å². The molecule has 0 amide bonds. The fraction of sp³-hybridized carbons (Fsp3) is 0.222. The predicted octanol–water partition coefficient (Wildman–Crippen LogP) is 2.66. The zero-order valence-corrected chi connectivity index (χ0v) is 7.77. The molecule has 0 saturated heterocycles. The lowest BCUT2D eigenvalue weighted by atomic mass is 10.2. The molecule has 0 heterocycles. The van der Waals surface area contributed by atoms with Gasteiger partial charge in [0.2, 0.25) is 0 Å². The quantitative estimate of drug-likeness (QED) is 0.690. The molecule has 13 heavy (non-hydrogen) atoms. The van der Waals surface area contributed by atoms with Gasteiger partial charge in [0.25, 0.3) is 0 Å². The van der Waals surface area contributed by atoms with Gasteiger partial charge in [-0.1, -0.05) is 17.7 Å². The molecule has 0 bridgehead atoms. The minimum Gasteiger partial charge on any atom is -0.462 e. The van der Waals surface area contributed by atoms with Crippen LogP contribution in [-0.4, -0.2) is 12.6 Å². The molecule has 0 radical (unpaired) electrons. The lowest BCUT2D eigenvalue weighted by Gasteiger charge is -2.04. The molecule has 70 valence electrons. The fourth-order valence-corrected chi connectivity index (χ4v) is 1.14. The molecule has 0 aliphatic rings. The summed E-state index contributed by atoms with van der Waals surface area (Å²) < 4.78 is 17.7. The Morgan fingerprint density at radius 1 is 1.62 bits per heavy atom. The Labute approximate surface area is 80.3 Å². The second kappa shape index (κ2) is 4.23. The second-order valence-electron chi connectivity index (χ2n) is 2.32. The highest BCUT2D eigenvalue weighted by molar-refractivity contribution is 6.33. The smallest absolute Gasteiger partial charge is 0.342 e. The van der Waals surface area contributed by atoms with Gasteiger partial charge in [0.15, 0.2) is 0 Å². The van der Waals surface area contributed by atoms with E-state index in [1.807, 2.05) is 0 Å². The van der Waals surface area contributed by atoms with Crippen molar-refractivity contribution in [1.29, 1.82) is 0 Å². The van der Waals surface area contributed by atoms with Gasteiger partial charge >= 0.3 is 5.97 Å². The number of ether oxygens (including phenoxy) is 1. The van der Waals surface area contributed by atoms with Crippen molar-refractivity contribution in [3.8, 4) is 0 Å². The second-order valence-corrected chi connectivity index (χ2v) is 2.72. The molecule has 0 saturated carbocycles. The van der Waals surface area contributed by atoms with Crippen molar-refractivity contribution in [2.24, 2.45) is 0 Å². The van der Waals surface area contributed by atoms with Crippen LogP contribution in [-0.2, 0) is 4.74 Å². The molecule has 0 atom stereocenters. The Bertz CT molecular complexity index is 305. The van der Waals surface area contributed by atoms with Crippen LogP contribution < -0.4 is 0 Å². The van der Waals surface area contributed by atoms with E-state index in [9.17, 15) is 9.18 Å². The van der Waals surface area contributed by atoms with Crippen molar-refractivity contribution in [3.63, 3.8) is 0 Å². The van der Waals surface area contributed by atoms with Crippen molar-refractivity contribution in [2.45, 2.75) is 6.92 Å². The zero-order chi connectivity index (χ0) is 9.84. The summed E-state index contributed by atoms with van der Waals surface area (Å²) in [5.74, 6) is -1.39. The van der Waals surface area contributed by atoms with E-state index in [4.69, 9.17) is 11.6 Å². The van der Waals surface area contributed by atoms with E-state index in [1.165, 1.54) is 12.1 Å². The van der Waals surface area contributed by atoms with Gasteiger partial charge in [-0.25, -0.2) is 9.18 Å². The van der Waals surface area contributed by atoms with Crippen LogP contribution in [0.5, 0.6) is 0 Å². The van der Waals surface area contributed by atoms with Crippen LogP contribution in [0.2, 0.25) is 5.02 Å². The number of carbonyl (C=O) groups excluding carboxylic acids is 1. The topological polar surface area (TPSA) is 26.3 Å². The van der Waals surface area contributed by atoms with Crippen LogP contribution in [0.4, 0.5) is 4.39 Å². The molecule has 2 nitrogen and oxygen atoms in total. The van der Waals surface area contributed by atoms with Gasteiger partial charge < -0.3 is 4.74 Å². The van der Waals surface area contributed by atoms with E-state index in [2.05, 4.69) is 4.74 Å². The van der Waals surface area contributed by atoms with E-state index in [-0.39, 0.29) is 17.2 Å². The molecule has 0 aliphatic carbocycles. The fourth-order valence-electron chi connectivity index (χ4n) is 0.896. The average molecular weight is 203 g/mol. The highest BCUT2D eigenvalue weighted by Crippen LogP contribution is 2.19. The number of carbonyl (C=O) groups is 1. The number of hydrogen-bond acceptors (Lipinski definition) is 2. The minimum absolute atomic E-state index is 0.0680. The van der Waals surface area contributed by atoms with E-state index in [0.29, 0.717) is 0 Å². The van der Waals surface area contributed by atoms with Crippen LogP contribution in [0, 0.1) is 5.82 Å². The van der Waals surface area contributed by atoms with E-state index >= 15 is 0 Å². The van der Waals surface area contributed by atoms with Crippen LogP contribution in [0.1, 0.15) is 17.3 Å². The molecule has 1 aromatic rings. The zero-order valence-electron chi connectivity index (χ0n) is 7.01. The third-order valence-corrected chi connectivity index (χ3v) is 1.76. The van der Waals surface area contributed by atoms with Gasteiger partial charge in [-0.05, 0) is 19.1 Å². The summed E-state index contributed by atoms with van der Waals surface area (Å²) in [5, 5.41) is 0.0680. The summed E-state index contributed by atoms with van der Waals surface area (Å²) in [6.45, 7) is 1.84. The molecule has 0 N–H and O–H groups in total. The normalized spacial score (nSPS) is 9.77. The number of hydrogen-bond donors (Lipinski definition) is 0. The molecule has 0 fully saturated rings. The Hall–Kier alpha value is -1.09. The molecule has 0 aliphatic heterocycles. The maximum atomic E-state index is 13.0. The molecule has 0 spiro atoms. The van der Waals surface area contributed by atoms with Crippen LogP contribution in [0.25, 0.3) is 0 Å². The van der Waals surface area contributed by atoms with Gasteiger partial charge in [-0.3, -0.25) is 0 Å². The van der Waals surface area contributed by atoms with Gasteiger partial charge in [0, 0.05) is 0 Å². The lowest BCUT2D eigenvalue weighted by molar-refractivity contribution is 0.0521. The number of esters is 1. The molecule has 0 unspecified atom stereocenters. The van der Waals surface area contributed by atoms with Gasteiger partial charge in [0.05, 0.1) is 11.6 Å². The summed E-state index contributed by atoms with van der Waals surface area (Å²) in [4.78, 5) is 11.1. The Kier molecular flexibility index (Phi) is 3.25. The first kappa shape index (κ1) is 9.99. The maximum Gasteiger partial charge on any atom is 0.342 e. The van der Waals surface area contributed by atoms with Crippen LogP contribution in [0.15, 0.2) is 18.2 Å². The molecular weight excluding hydrogens is 195 g/mol. The van der Waals surface area contributed by atoms with E-state index < -0.39 is 11.8 Å². The average Bonchev–Trinajstić information content (AvgIpc) is 2.04. The molecule has 1 aromatic carbocycles. The first-order chi connectivity index (χ1) is 6.16. The minimum atomic E-state index is -0.731. The van der Waals surface area contributed by atoms with Crippen molar-refractivity contribution in [3.05, 3.63) is 34.6 Å². The van der Waals surface area contributed by atoms with Gasteiger partial charge in [-0.15, -0.1) is 0 Å². The third kappa shape index (κ3) is 2.18. The number of rotatable bonds is 2. The van der Waals surface area contributed by atoms with Crippen molar-refractivity contribution >= 4 is 17.6 Å². The third-order valence-electron chi connectivity index (χ3n) is 1.44. The summed E-state index contributed by atoms with van der Waals surface area (Å²) >= 11 is 5.62. The monoisotopic (exact) mass is 202 g/mol. The molecular formula is C9H8ClFO2. The van der Waals surface area contributed by atoms with Crippen LogP contribution in [0.3, 0.4) is 0 Å². The Morgan fingerprint density at radius 3 is 2.85 bits per heavy atom. The predicted molar refractivity (Wildman–Crippen MR) is 47.4 cm³/mol. The summed E-state index contributed by atoms with van der Waals surface area (Å²) in [6.07, 6.45) is 0. The summed E-state index contributed by atoms with van der Waals surface area (Å²) in [7, 11) is 0. The Balaban J connectivity index is 3.05. The summed E-state index contributed by atoms with van der Waals surface area (Å²) in [6, 6.07) is 4.04. The standard InChI is InChI=1S/C9H8ClFO2/c1-2-13-9(12)8-6(10)4-3-5-7(8)11/h3-5H,2H2,1H3. The molecule has 1 rings (SSSR count). The van der Waals surface area contributed by atoms with Crippen molar-refractivity contribution in [2.75, 3.05) is 6.61 Å². The van der Waals surface area contributed by atoms with E-state index in [1.54, 1.807) is 6.92 Å². The first-order valence-corrected chi connectivity index (χ1v) is 4.15. The SMILES string of the molecule is CCOC(=O)c1c(F)cccc1Cl. The van der Waals surface area contributed by atoms with Crippen LogP contribution >= 0.6 is 11.6 Å². The molecule has 0 aromatic heterocycles. The lowest BCUT2D eigenvalue weighted by Crippen LogP contribution is -2.07. The highest BCUT2D eigenvalue weighted by Gasteiger charge is 2.15. The maximum absolute atomic E-state index is 13.0. The Morgan fingerprint density at radius 2 is 2.31 bits per heavy atom. The number of halogens is 2. The highest BCUT2D eigenvalue weighted by atomic mass is 35.5. The summed E-state index contributed by atoms with van der Waals surface area (Å²) in [5.41, 5.74) is -0.203. The first-order valence-electron chi connectivity index (χ1n) is 3.78. The van der Waals surface area contributed by atoms with Gasteiger partial charge in [-0.2, -0.15) is 0 Å².